The molecule has 0 atom stereocenters. The summed E-state index contributed by atoms with van der Waals surface area (Å²) in [5.41, 5.74) is 2.50. The molecule has 0 unspecified atom stereocenters. The third-order valence-electron chi connectivity index (χ3n) is 6.10. The Morgan fingerprint density at radius 3 is 2.18 bits per heavy atom. The van der Waals surface area contributed by atoms with Gasteiger partial charge in [0.2, 0.25) is 5.78 Å². The Labute approximate surface area is 202 Å². The molecule has 1 heterocycles. The highest BCUT2D eigenvalue weighted by molar-refractivity contribution is 6.08. The van der Waals surface area contributed by atoms with Crippen molar-refractivity contribution < 1.29 is 13.9 Å². The van der Waals surface area contributed by atoms with Gasteiger partial charge in [-0.25, -0.2) is 0 Å². The van der Waals surface area contributed by atoms with Crippen LogP contribution in [0.1, 0.15) is 73.2 Å². The van der Waals surface area contributed by atoms with Crippen molar-refractivity contribution in [1.82, 2.24) is 4.90 Å². The molecule has 0 N–H and O–H groups in total. The van der Waals surface area contributed by atoms with Gasteiger partial charge in [-0.2, -0.15) is 0 Å². The maximum Gasteiger partial charge on any atom is 0.228 e. The van der Waals surface area contributed by atoms with Crippen LogP contribution in [0.15, 0.2) is 51.7 Å². The van der Waals surface area contributed by atoms with Gasteiger partial charge < -0.3 is 14.1 Å². The van der Waals surface area contributed by atoms with Crippen molar-refractivity contribution in [2.24, 2.45) is 0 Å². The second kappa shape index (κ2) is 12.5. The predicted molar refractivity (Wildman–Crippen MR) is 138 cm³/mol. The molecule has 2 aromatic carbocycles. The van der Waals surface area contributed by atoms with Crippen LogP contribution in [0.5, 0.6) is 5.75 Å². The average molecular weight is 464 g/mol. The lowest BCUT2D eigenvalue weighted by molar-refractivity contribution is 0.101. The minimum absolute atomic E-state index is 0.0513. The molecule has 34 heavy (non-hydrogen) atoms. The zero-order valence-corrected chi connectivity index (χ0v) is 21.0. The highest BCUT2D eigenvalue weighted by Gasteiger charge is 2.17. The lowest BCUT2D eigenvalue weighted by Gasteiger charge is -2.22. The van der Waals surface area contributed by atoms with Crippen molar-refractivity contribution in [3.05, 3.63) is 75.1 Å². The van der Waals surface area contributed by atoms with E-state index in [0.717, 1.165) is 42.9 Å². The molecule has 0 aliphatic heterocycles. The number of carbonyl (C=O) groups is 1. The summed E-state index contributed by atoms with van der Waals surface area (Å²) in [4.78, 5) is 28.0. The number of hydrogen-bond acceptors (Lipinski definition) is 5. The quantitative estimate of drug-likeness (QED) is 0.219. The molecule has 5 heteroatoms. The number of unbranched alkanes of at least 4 members (excludes halogenated alkanes) is 2. The first-order valence-electron chi connectivity index (χ1n) is 12.5. The van der Waals surface area contributed by atoms with Crippen LogP contribution in [0.25, 0.3) is 11.0 Å². The SMILES string of the molecule is CCCCN(CCCC)CCCOc1c(C)cc(C(=O)c2cc(=O)c3ccccc3o2)cc1C. The molecule has 0 saturated carbocycles. The maximum atomic E-state index is 13.1. The molecule has 0 amide bonds. The van der Waals surface area contributed by atoms with Gasteiger partial charge in [-0.1, -0.05) is 38.8 Å². The molecule has 0 aliphatic carbocycles. The lowest BCUT2D eigenvalue weighted by atomic mass is 10.0. The lowest BCUT2D eigenvalue weighted by Crippen LogP contribution is -2.28. The molecule has 3 aromatic rings. The third-order valence-corrected chi connectivity index (χ3v) is 6.10. The van der Waals surface area contributed by atoms with Crippen LogP contribution >= 0.6 is 0 Å². The van der Waals surface area contributed by atoms with E-state index in [1.807, 2.05) is 26.0 Å². The van der Waals surface area contributed by atoms with E-state index in [4.69, 9.17) is 9.15 Å². The van der Waals surface area contributed by atoms with Gasteiger partial charge in [0, 0.05) is 18.2 Å². The van der Waals surface area contributed by atoms with E-state index in [-0.39, 0.29) is 17.0 Å². The summed E-state index contributed by atoms with van der Waals surface area (Å²) in [6.45, 7) is 12.3. The monoisotopic (exact) mass is 463 g/mol. The zero-order valence-electron chi connectivity index (χ0n) is 21.0. The van der Waals surface area contributed by atoms with E-state index in [1.54, 1.807) is 24.3 Å². The largest absolute Gasteiger partial charge is 0.493 e. The molecule has 0 saturated heterocycles. The van der Waals surface area contributed by atoms with Gasteiger partial charge in [-0.05, 0) is 81.6 Å². The van der Waals surface area contributed by atoms with E-state index in [0.29, 0.717) is 23.1 Å². The van der Waals surface area contributed by atoms with Crippen LogP contribution in [-0.2, 0) is 0 Å². The Morgan fingerprint density at radius 1 is 0.912 bits per heavy atom. The number of benzene rings is 2. The molecule has 0 aliphatic rings. The van der Waals surface area contributed by atoms with Gasteiger partial charge in [0.25, 0.3) is 0 Å². The molecule has 1 aromatic heterocycles. The molecule has 0 fully saturated rings. The molecular formula is C29H37NO4. The first-order chi connectivity index (χ1) is 16.4. The van der Waals surface area contributed by atoms with Crippen molar-refractivity contribution in [3.63, 3.8) is 0 Å². The number of hydrogen-bond donors (Lipinski definition) is 0. The second-order valence-corrected chi connectivity index (χ2v) is 8.99. The number of carbonyl (C=O) groups excluding carboxylic acids is 1. The van der Waals surface area contributed by atoms with E-state index in [1.165, 1.54) is 31.7 Å². The van der Waals surface area contributed by atoms with Gasteiger partial charge in [0.1, 0.15) is 11.3 Å². The smallest absolute Gasteiger partial charge is 0.228 e. The maximum absolute atomic E-state index is 13.1. The van der Waals surface area contributed by atoms with Crippen molar-refractivity contribution in [2.45, 2.75) is 59.8 Å². The second-order valence-electron chi connectivity index (χ2n) is 8.99. The number of para-hydroxylation sites is 1. The fourth-order valence-corrected chi connectivity index (χ4v) is 4.23. The summed E-state index contributed by atoms with van der Waals surface area (Å²) in [5.74, 6) is 0.573. The Hall–Kier alpha value is -2.92. The number of ether oxygens (including phenoxy) is 1. The van der Waals surface area contributed by atoms with Crippen LogP contribution in [0.2, 0.25) is 0 Å². The fraction of sp³-hybridized carbons (Fsp3) is 0.448. The van der Waals surface area contributed by atoms with Crippen molar-refractivity contribution in [3.8, 4) is 5.75 Å². The number of ketones is 1. The van der Waals surface area contributed by atoms with Crippen LogP contribution in [0, 0.1) is 13.8 Å². The number of fused-ring (bicyclic) bond motifs is 1. The van der Waals surface area contributed by atoms with Gasteiger partial charge >= 0.3 is 0 Å². The van der Waals surface area contributed by atoms with Crippen molar-refractivity contribution >= 4 is 16.8 Å². The van der Waals surface area contributed by atoms with E-state index in [9.17, 15) is 9.59 Å². The third kappa shape index (κ3) is 6.57. The van der Waals surface area contributed by atoms with Crippen LogP contribution in [-0.4, -0.2) is 36.9 Å². The standard InChI is InChI=1S/C29H37NO4/c1-5-7-14-30(15-8-6-2)16-11-17-33-29-21(3)18-23(19-22(29)4)28(32)27-20-25(31)24-12-9-10-13-26(24)34-27/h9-10,12-13,18-20H,5-8,11,14-17H2,1-4H3. The predicted octanol–water partition coefficient (Wildman–Crippen LogP) is 6.31. The summed E-state index contributed by atoms with van der Waals surface area (Å²) in [5, 5.41) is 0.470. The summed E-state index contributed by atoms with van der Waals surface area (Å²) < 4.78 is 11.9. The topological polar surface area (TPSA) is 59.8 Å². The van der Waals surface area contributed by atoms with Crippen molar-refractivity contribution in [2.75, 3.05) is 26.2 Å². The minimum atomic E-state index is -0.303. The molecule has 3 rings (SSSR count). The van der Waals surface area contributed by atoms with E-state index >= 15 is 0 Å². The van der Waals surface area contributed by atoms with Gasteiger partial charge in [-0.15, -0.1) is 0 Å². The Bertz CT molecular complexity index is 1130. The summed E-state index contributed by atoms with van der Waals surface area (Å²) in [6, 6.07) is 11.9. The number of aryl methyl sites for hydroxylation is 2. The average Bonchev–Trinajstić information content (AvgIpc) is 2.83. The molecular weight excluding hydrogens is 426 g/mol. The van der Waals surface area contributed by atoms with Crippen molar-refractivity contribution in [1.29, 1.82) is 0 Å². The first-order valence-corrected chi connectivity index (χ1v) is 12.5. The Balaban J connectivity index is 1.66. The molecule has 5 nitrogen and oxygen atoms in total. The van der Waals surface area contributed by atoms with E-state index in [2.05, 4.69) is 18.7 Å². The first kappa shape index (κ1) is 25.7. The minimum Gasteiger partial charge on any atom is -0.493 e. The van der Waals surface area contributed by atoms with Gasteiger partial charge in [-0.3, -0.25) is 9.59 Å². The summed E-state index contributed by atoms with van der Waals surface area (Å²) in [7, 11) is 0. The zero-order chi connectivity index (χ0) is 24.5. The van der Waals surface area contributed by atoms with Crippen LogP contribution in [0.4, 0.5) is 0 Å². The highest BCUT2D eigenvalue weighted by atomic mass is 16.5. The Kier molecular flexibility index (Phi) is 9.46. The normalized spacial score (nSPS) is 11.3. The highest BCUT2D eigenvalue weighted by Crippen LogP contribution is 2.26. The molecule has 0 bridgehead atoms. The molecule has 0 spiro atoms. The summed E-state index contributed by atoms with van der Waals surface area (Å²) in [6.07, 6.45) is 5.86. The fourth-order valence-electron chi connectivity index (χ4n) is 4.23. The number of rotatable bonds is 13. The number of nitrogens with zero attached hydrogens (tertiary/aromatic N) is 1. The van der Waals surface area contributed by atoms with Crippen LogP contribution < -0.4 is 10.2 Å². The molecule has 0 radical (unpaired) electrons. The molecule has 182 valence electrons. The van der Waals surface area contributed by atoms with Gasteiger partial charge in [0.05, 0.1) is 12.0 Å². The van der Waals surface area contributed by atoms with Gasteiger partial charge in [0.15, 0.2) is 11.2 Å². The Morgan fingerprint density at radius 2 is 1.53 bits per heavy atom. The van der Waals surface area contributed by atoms with Crippen LogP contribution in [0.3, 0.4) is 0 Å². The summed E-state index contributed by atoms with van der Waals surface area (Å²) >= 11 is 0. The van der Waals surface area contributed by atoms with E-state index < -0.39 is 0 Å².